The predicted molar refractivity (Wildman–Crippen MR) is 55.4 cm³/mol. The second-order valence-corrected chi connectivity index (χ2v) is 4.04. The Bertz CT molecular complexity index is 210. The maximum Gasteiger partial charge on any atom is 0.0323 e. The average Bonchev–Trinajstić information content (AvgIpc) is 2.29. The summed E-state index contributed by atoms with van der Waals surface area (Å²) in [5.41, 5.74) is 2.68. The molecule has 0 amide bonds. The van der Waals surface area contributed by atoms with Gasteiger partial charge in [0.05, 0.1) is 0 Å². The maximum atomic E-state index is 4.10. The van der Waals surface area contributed by atoms with Gasteiger partial charge in [-0.2, -0.15) is 0 Å². The molecule has 3 heteroatoms. The zero-order valence-corrected chi connectivity index (χ0v) is 8.58. The van der Waals surface area contributed by atoms with E-state index in [1.165, 1.54) is 11.4 Å². The zero-order valence-electron chi connectivity index (χ0n) is 6.87. The lowest BCUT2D eigenvalue weighted by Gasteiger charge is -2.06. The first-order valence-electron chi connectivity index (χ1n) is 3.65. The van der Waals surface area contributed by atoms with E-state index >= 15 is 0 Å². The first-order valence-corrected chi connectivity index (χ1v) is 5.68. The van der Waals surface area contributed by atoms with Crippen molar-refractivity contribution in [1.29, 1.82) is 0 Å². The lowest BCUT2D eigenvalue weighted by atomic mass is 10.5. The summed E-state index contributed by atoms with van der Waals surface area (Å²) in [6.07, 6.45) is 0. The summed E-state index contributed by atoms with van der Waals surface area (Å²) < 4.78 is 2.31. The summed E-state index contributed by atoms with van der Waals surface area (Å²) >= 11 is 4.10. The predicted octanol–water partition coefficient (Wildman–Crippen LogP) is 2.68. The minimum absolute atomic E-state index is 1.07. The highest BCUT2D eigenvalue weighted by Crippen LogP contribution is 2.10. The highest BCUT2D eigenvalue weighted by molar-refractivity contribution is 8.68. The molecule has 62 valence electrons. The van der Waals surface area contributed by atoms with Gasteiger partial charge in [0.15, 0.2) is 0 Å². The molecule has 0 bridgehead atoms. The third-order valence-electron chi connectivity index (χ3n) is 1.82. The third-order valence-corrected chi connectivity index (χ3v) is 2.74. The number of thiol groups is 1. The van der Waals surface area contributed by atoms with Crippen molar-refractivity contribution >= 4 is 22.5 Å². The molecule has 0 atom stereocenters. The first kappa shape index (κ1) is 9.07. The van der Waals surface area contributed by atoms with E-state index in [4.69, 9.17) is 0 Å². The van der Waals surface area contributed by atoms with Crippen molar-refractivity contribution in [2.24, 2.45) is 0 Å². The van der Waals surface area contributed by atoms with Crippen molar-refractivity contribution < 1.29 is 0 Å². The van der Waals surface area contributed by atoms with Crippen molar-refractivity contribution in [1.82, 2.24) is 4.57 Å². The van der Waals surface area contributed by atoms with Crippen molar-refractivity contribution in [3.63, 3.8) is 0 Å². The van der Waals surface area contributed by atoms with Crippen molar-refractivity contribution in [3.8, 4) is 0 Å². The summed E-state index contributed by atoms with van der Waals surface area (Å²) in [5, 5.41) is 0. The molecule has 1 heterocycles. The van der Waals surface area contributed by atoms with Crippen LogP contribution in [0.4, 0.5) is 0 Å². The molecule has 0 radical (unpaired) electrons. The molecule has 0 saturated carbocycles. The Hall–Kier alpha value is -0.0200. The summed E-state index contributed by atoms with van der Waals surface area (Å²) in [5.74, 6) is 1.07. The van der Waals surface area contributed by atoms with Gasteiger partial charge in [0.2, 0.25) is 0 Å². The van der Waals surface area contributed by atoms with Gasteiger partial charge in [-0.25, -0.2) is 0 Å². The first-order chi connectivity index (χ1) is 5.25. The SMILES string of the molecule is Cc1ccc(C)n1CCSS. The van der Waals surface area contributed by atoms with Gasteiger partial charge in [-0.15, -0.1) is 11.7 Å². The van der Waals surface area contributed by atoms with Gasteiger partial charge >= 0.3 is 0 Å². The molecule has 1 nitrogen and oxygen atoms in total. The monoisotopic (exact) mass is 187 g/mol. The Morgan fingerprint density at radius 3 is 2.36 bits per heavy atom. The van der Waals surface area contributed by atoms with E-state index in [2.05, 4.69) is 42.2 Å². The van der Waals surface area contributed by atoms with Gasteiger partial charge in [0.25, 0.3) is 0 Å². The molecule has 1 aromatic heterocycles. The lowest BCUT2D eigenvalue weighted by molar-refractivity contribution is 0.727. The van der Waals surface area contributed by atoms with Crippen LogP contribution in [0.15, 0.2) is 12.1 Å². The van der Waals surface area contributed by atoms with Crippen LogP contribution in [0.2, 0.25) is 0 Å². The Morgan fingerprint density at radius 2 is 1.91 bits per heavy atom. The molecule has 11 heavy (non-hydrogen) atoms. The summed E-state index contributed by atoms with van der Waals surface area (Å²) in [6, 6.07) is 4.30. The number of nitrogens with zero attached hydrogens (tertiary/aromatic N) is 1. The van der Waals surface area contributed by atoms with E-state index in [1.54, 1.807) is 10.8 Å². The van der Waals surface area contributed by atoms with Crippen LogP contribution in [-0.2, 0) is 6.54 Å². The van der Waals surface area contributed by atoms with E-state index in [1.807, 2.05) is 0 Å². The van der Waals surface area contributed by atoms with Gasteiger partial charge in [-0.3, -0.25) is 0 Å². The number of hydrogen-bond acceptors (Lipinski definition) is 2. The molecule has 0 fully saturated rings. The van der Waals surface area contributed by atoms with Crippen LogP contribution >= 0.6 is 22.5 Å². The molecule has 0 aliphatic rings. The van der Waals surface area contributed by atoms with Crippen molar-refractivity contribution in [2.75, 3.05) is 5.75 Å². The molecule has 1 rings (SSSR count). The molecule has 0 aromatic carbocycles. The third kappa shape index (κ3) is 2.20. The molecule has 0 aliphatic heterocycles. The van der Waals surface area contributed by atoms with Crippen LogP contribution in [0.3, 0.4) is 0 Å². The minimum atomic E-state index is 1.07. The number of rotatable bonds is 3. The van der Waals surface area contributed by atoms with Gasteiger partial charge < -0.3 is 4.57 Å². The molecular formula is C8H13NS2. The smallest absolute Gasteiger partial charge is 0.0323 e. The topological polar surface area (TPSA) is 4.93 Å². The van der Waals surface area contributed by atoms with E-state index < -0.39 is 0 Å². The molecule has 0 saturated heterocycles. The fraction of sp³-hybridized carbons (Fsp3) is 0.500. The highest BCUT2D eigenvalue weighted by Gasteiger charge is 1.98. The van der Waals surface area contributed by atoms with Gasteiger partial charge in [-0.05, 0) is 26.0 Å². The van der Waals surface area contributed by atoms with Crippen LogP contribution in [0.1, 0.15) is 11.4 Å². The summed E-state index contributed by atoms with van der Waals surface area (Å²) in [6.45, 7) is 5.34. The van der Waals surface area contributed by atoms with Crippen LogP contribution in [0, 0.1) is 13.8 Å². The van der Waals surface area contributed by atoms with Crippen LogP contribution in [-0.4, -0.2) is 10.3 Å². The second-order valence-electron chi connectivity index (χ2n) is 2.60. The van der Waals surface area contributed by atoms with E-state index in [0.717, 1.165) is 12.3 Å². The average molecular weight is 187 g/mol. The molecule has 0 N–H and O–H groups in total. The summed E-state index contributed by atoms with van der Waals surface area (Å²) in [7, 11) is 1.59. The quantitative estimate of drug-likeness (QED) is 0.563. The zero-order chi connectivity index (χ0) is 8.27. The summed E-state index contributed by atoms with van der Waals surface area (Å²) in [4.78, 5) is 0. The van der Waals surface area contributed by atoms with Crippen LogP contribution < -0.4 is 0 Å². The molecule has 0 aliphatic carbocycles. The Kier molecular flexibility index (Phi) is 3.40. The minimum Gasteiger partial charge on any atom is -0.348 e. The van der Waals surface area contributed by atoms with Crippen molar-refractivity contribution in [2.45, 2.75) is 20.4 Å². The number of hydrogen-bond donors (Lipinski definition) is 1. The number of aromatic nitrogens is 1. The Balaban J connectivity index is 2.67. The lowest BCUT2D eigenvalue weighted by Crippen LogP contribution is -2.03. The molecule has 0 unspecified atom stereocenters. The normalized spacial score (nSPS) is 10.5. The van der Waals surface area contributed by atoms with Crippen LogP contribution in [0.5, 0.6) is 0 Å². The van der Waals surface area contributed by atoms with Gasteiger partial charge in [0, 0.05) is 23.7 Å². The van der Waals surface area contributed by atoms with E-state index in [0.29, 0.717) is 0 Å². The standard InChI is InChI=1S/C8H13NS2/c1-7-3-4-8(2)9(7)5-6-11-10/h3-4,10H,5-6H2,1-2H3. The molecule has 0 spiro atoms. The van der Waals surface area contributed by atoms with E-state index in [-0.39, 0.29) is 0 Å². The largest absolute Gasteiger partial charge is 0.348 e. The van der Waals surface area contributed by atoms with Gasteiger partial charge in [0.1, 0.15) is 0 Å². The highest BCUT2D eigenvalue weighted by atomic mass is 33.1. The van der Waals surface area contributed by atoms with E-state index in [9.17, 15) is 0 Å². The molecular weight excluding hydrogens is 174 g/mol. The van der Waals surface area contributed by atoms with Crippen molar-refractivity contribution in [3.05, 3.63) is 23.5 Å². The number of aryl methyl sites for hydroxylation is 2. The fourth-order valence-electron chi connectivity index (χ4n) is 1.18. The Morgan fingerprint density at radius 1 is 1.36 bits per heavy atom. The fourth-order valence-corrected chi connectivity index (χ4v) is 1.69. The van der Waals surface area contributed by atoms with Gasteiger partial charge in [-0.1, -0.05) is 10.8 Å². The maximum absolute atomic E-state index is 4.10. The second kappa shape index (κ2) is 4.12. The van der Waals surface area contributed by atoms with Crippen LogP contribution in [0.25, 0.3) is 0 Å². The molecule has 1 aromatic rings. The Labute approximate surface area is 77.0 Å².